The van der Waals surface area contributed by atoms with Crippen molar-refractivity contribution in [2.75, 3.05) is 5.73 Å². The van der Waals surface area contributed by atoms with Crippen LogP contribution in [0.25, 0.3) is 0 Å². The van der Waals surface area contributed by atoms with Crippen LogP contribution in [0.15, 0.2) is 36.4 Å². The Morgan fingerprint density at radius 2 is 1.89 bits per heavy atom. The zero-order chi connectivity index (χ0) is 13.8. The molecule has 0 saturated carbocycles. The van der Waals surface area contributed by atoms with Gasteiger partial charge in [0.15, 0.2) is 0 Å². The van der Waals surface area contributed by atoms with Crippen LogP contribution in [0, 0.1) is 18.3 Å². The summed E-state index contributed by atoms with van der Waals surface area (Å²) in [6, 6.07) is 13.4. The molecule has 0 saturated heterocycles. The van der Waals surface area contributed by atoms with E-state index in [-0.39, 0.29) is 0 Å². The Balaban J connectivity index is 2.34. The molecule has 0 aliphatic heterocycles. The summed E-state index contributed by atoms with van der Waals surface area (Å²) in [4.78, 5) is 0. The molecule has 0 aliphatic carbocycles. The molecule has 19 heavy (non-hydrogen) atoms. The van der Waals surface area contributed by atoms with E-state index in [1.54, 1.807) is 12.1 Å². The highest BCUT2D eigenvalue weighted by Gasteiger charge is 2.07. The molecule has 0 aromatic heterocycles. The number of nitrogens with two attached hydrogens (primary N) is 1. The number of anilines is 1. The molecule has 0 radical (unpaired) electrons. The predicted molar refractivity (Wildman–Crippen MR) is 76.2 cm³/mol. The Bertz CT molecular complexity index is 642. The van der Waals surface area contributed by atoms with Crippen molar-refractivity contribution in [3.8, 4) is 17.6 Å². The molecule has 0 unspecified atom stereocenters. The van der Waals surface area contributed by atoms with Crippen molar-refractivity contribution < 1.29 is 4.74 Å². The molecule has 0 fully saturated rings. The largest absolute Gasteiger partial charge is 0.454 e. The normalized spacial score (nSPS) is 9.95. The fraction of sp³-hybridized carbons (Fsp3) is 0.188. The minimum atomic E-state index is 0.513. The Morgan fingerprint density at radius 3 is 2.53 bits per heavy atom. The van der Waals surface area contributed by atoms with E-state index in [1.807, 2.05) is 31.2 Å². The van der Waals surface area contributed by atoms with E-state index in [2.05, 4.69) is 13.0 Å². The molecule has 0 bridgehead atoms. The molecular weight excluding hydrogens is 236 g/mol. The summed E-state index contributed by atoms with van der Waals surface area (Å²) in [6.07, 6.45) is 0.929. The Kier molecular flexibility index (Phi) is 3.72. The Hall–Kier alpha value is -2.47. The predicted octanol–water partition coefficient (Wildman–Crippen LogP) is 3.80. The van der Waals surface area contributed by atoms with E-state index in [4.69, 9.17) is 15.7 Å². The first-order valence-corrected chi connectivity index (χ1v) is 6.21. The highest BCUT2D eigenvalue weighted by atomic mass is 16.5. The third kappa shape index (κ3) is 2.86. The number of aryl methyl sites for hydroxylation is 2. The molecule has 0 spiro atoms. The van der Waals surface area contributed by atoms with Gasteiger partial charge in [-0.2, -0.15) is 5.26 Å². The van der Waals surface area contributed by atoms with Crippen LogP contribution in [-0.4, -0.2) is 0 Å². The molecular formula is C16H16N2O. The van der Waals surface area contributed by atoms with Crippen molar-refractivity contribution in [2.24, 2.45) is 0 Å². The van der Waals surface area contributed by atoms with E-state index >= 15 is 0 Å². The summed E-state index contributed by atoms with van der Waals surface area (Å²) in [5.74, 6) is 1.11. The first kappa shape index (κ1) is 13.0. The first-order chi connectivity index (χ1) is 9.13. The SMILES string of the molecule is CCc1ccc(Oc2ccc(C)cc2C#N)c(N)c1. The van der Waals surface area contributed by atoms with Crippen LogP contribution in [0.4, 0.5) is 5.69 Å². The van der Waals surface area contributed by atoms with Gasteiger partial charge in [-0.15, -0.1) is 0 Å². The molecule has 2 aromatic carbocycles. The van der Waals surface area contributed by atoms with Gasteiger partial charge in [-0.3, -0.25) is 0 Å². The van der Waals surface area contributed by atoms with Gasteiger partial charge in [0, 0.05) is 0 Å². The molecule has 0 atom stereocenters. The molecule has 2 N–H and O–H groups in total. The first-order valence-electron chi connectivity index (χ1n) is 6.21. The van der Waals surface area contributed by atoms with Crippen LogP contribution in [0.2, 0.25) is 0 Å². The van der Waals surface area contributed by atoms with Crippen LogP contribution in [0.1, 0.15) is 23.6 Å². The van der Waals surface area contributed by atoms with Crippen molar-refractivity contribution in [1.82, 2.24) is 0 Å². The number of nitrogens with zero attached hydrogens (tertiary/aromatic N) is 1. The van der Waals surface area contributed by atoms with Gasteiger partial charge in [0.05, 0.1) is 11.3 Å². The van der Waals surface area contributed by atoms with Gasteiger partial charge in [0.1, 0.15) is 17.6 Å². The summed E-state index contributed by atoms with van der Waals surface area (Å²) < 4.78 is 5.74. The van der Waals surface area contributed by atoms with Crippen molar-refractivity contribution in [2.45, 2.75) is 20.3 Å². The molecule has 3 heteroatoms. The average molecular weight is 252 g/mol. The summed E-state index contributed by atoms with van der Waals surface area (Å²) >= 11 is 0. The van der Waals surface area contributed by atoms with Gasteiger partial charge < -0.3 is 10.5 Å². The number of benzene rings is 2. The molecule has 0 aliphatic rings. The van der Waals surface area contributed by atoms with Gasteiger partial charge in [-0.1, -0.05) is 19.1 Å². The lowest BCUT2D eigenvalue weighted by Gasteiger charge is -2.11. The van der Waals surface area contributed by atoms with E-state index in [0.29, 0.717) is 22.7 Å². The third-order valence-corrected chi connectivity index (χ3v) is 2.96. The highest BCUT2D eigenvalue weighted by Crippen LogP contribution is 2.30. The van der Waals surface area contributed by atoms with Gasteiger partial charge in [-0.25, -0.2) is 0 Å². The minimum absolute atomic E-state index is 0.513. The van der Waals surface area contributed by atoms with Crippen molar-refractivity contribution in [3.05, 3.63) is 53.1 Å². The molecule has 0 amide bonds. The summed E-state index contributed by atoms with van der Waals surface area (Å²) in [7, 11) is 0. The number of ether oxygens (including phenoxy) is 1. The van der Waals surface area contributed by atoms with Crippen molar-refractivity contribution in [1.29, 1.82) is 5.26 Å². The minimum Gasteiger partial charge on any atom is -0.454 e. The number of hydrogen-bond acceptors (Lipinski definition) is 3. The smallest absolute Gasteiger partial charge is 0.150 e. The van der Waals surface area contributed by atoms with E-state index < -0.39 is 0 Å². The Labute approximate surface area is 113 Å². The van der Waals surface area contributed by atoms with Crippen LogP contribution >= 0.6 is 0 Å². The zero-order valence-corrected chi connectivity index (χ0v) is 11.1. The zero-order valence-electron chi connectivity index (χ0n) is 11.1. The maximum atomic E-state index is 9.11. The average Bonchev–Trinajstić information content (AvgIpc) is 2.42. The standard InChI is InChI=1S/C16H16N2O/c1-3-12-5-7-16(14(18)9-12)19-15-6-4-11(2)8-13(15)10-17/h4-9H,3,18H2,1-2H3. The van der Waals surface area contributed by atoms with E-state index in [1.165, 1.54) is 0 Å². The van der Waals surface area contributed by atoms with Gasteiger partial charge in [0.25, 0.3) is 0 Å². The quantitative estimate of drug-likeness (QED) is 0.845. The van der Waals surface area contributed by atoms with Gasteiger partial charge in [0.2, 0.25) is 0 Å². The van der Waals surface area contributed by atoms with Gasteiger partial charge in [-0.05, 0) is 48.7 Å². The maximum absolute atomic E-state index is 9.11. The lowest BCUT2D eigenvalue weighted by Crippen LogP contribution is -1.95. The second kappa shape index (κ2) is 5.45. The fourth-order valence-electron chi connectivity index (χ4n) is 1.85. The number of rotatable bonds is 3. The third-order valence-electron chi connectivity index (χ3n) is 2.96. The van der Waals surface area contributed by atoms with E-state index in [9.17, 15) is 0 Å². The molecule has 2 aromatic rings. The van der Waals surface area contributed by atoms with Crippen LogP contribution in [0.5, 0.6) is 11.5 Å². The van der Waals surface area contributed by atoms with Crippen LogP contribution in [0.3, 0.4) is 0 Å². The highest BCUT2D eigenvalue weighted by molar-refractivity contribution is 5.57. The van der Waals surface area contributed by atoms with Gasteiger partial charge >= 0.3 is 0 Å². The number of nitriles is 1. The van der Waals surface area contributed by atoms with Crippen LogP contribution < -0.4 is 10.5 Å². The molecule has 0 heterocycles. The monoisotopic (exact) mass is 252 g/mol. The topological polar surface area (TPSA) is 59.0 Å². The van der Waals surface area contributed by atoms with E-state index in [0.717, 1.165) is 17.5 Å². The summed E-state index contributed by atoms with van der Waals surface area (Å²) in [5.41, 5.74) is 9.25. The second-order valence-electron chi connectivity index (χ2n) is 4.44. The number of hydrogen-bond donors (Lipinski definition) is 1. The lowest BCUT2D eigenvalue weighted by atomic mass is 10.1. The lowest BCUT2D eigenvalue weighted by molar-refractivity contribution is 0.483. The molecule has 2 rings (SSSR count). The summed E-state index contributed by atoms with van der Waals surface area (Å²) in [6.45, 7) is 4.01. The van der Waals surface area contributed by atoms with Crippen molar-refractivity contribution >= 4 is 5.69 Å². The second-order valence-corrected chi connectivity index (χ2v) is 4.44. The van der Waals surface area contributed by atoms with Crippen LogP contribution in [-0.2, 0) is 6.42 Å². The molecule has 3 nitrogen and oxygen atoms in total. The van der Waals surface area contributed by atoms with Crippen molar-refractivity contribution in [3.63, 3.8) is 0 Å². The maximum Gasteiger partial charge on any atom is 0.150 e. The summed E-state index contributed by atoms with van der Waals surface area (Å²) in [5, 5.41) is 9.11. The fourth-order valence-corrected chi connectivity index (χ4v) is 1.85. The number of nitrogen functional groups attached to an aromatic ring is 1. The molecule has 96 valence electrons. The Morgan fingerprint density at radius 1 is 1.16 bits per heavy atom.